The van der Waals surface area contributed by atoms with Crippen molar-refractivity contribution >= 4 is 39.1 Å². The number of rotatable bonds is 12. The quantitative estimate of drug-likeness (QED) is 0.119. The van der Waals surface area contributed by atoms with E-state index in [1.807, 2.05) is 6.07 Å². The molecule has 0 radical (unpaired) electrons. The number of hydroxylamine groups is 1. The van der Waals surface area contributed by atoms with E-state index in [0.717, 1.165) is 79.4 Å². The summed E-state index contributed by atoms with van der Waals surface area (Å²) in [4.78, 5) is 20.7. The first-order valence-corrected chi connectivity index (χ1v) is 17.7. The van der Waals surface area contributed by atoms with Crippen molar-refractivity contribution in [3.05, 3.63) is 96.6 Å². The van der Waals surface area contributed by atoms with Crippen LogP contribution in [-0.4, -0.2) is 61.2 Å². The van der Waals surface area contributed by atoms with E-state index in [4.69, 9.17) is 14.8 Å². The molecule has 2 heterocycles. The minimum atomic E-state index is 0.409. The molecule has 4 aromatic carbocycles. The summed E-state index contributed by atoms with van der Waals surface area (Å²) >= 11 is 0. The van der Waals surface area contributed by atoms with Crippen LogP contribution in [0.2, 0.25) is 0 Å². The van der Waals surface area contributed by atoms with E-state index in [1.54, 1.807) is 0 Å². The van der Waals surface area contributed by atoms with Crippen LogP contribution in [0.5, 0.6) is 5.75 Å². The Morgan fingerprint density at radius 3 is 2.19 bits per heavy atom. The molecule has 0 spiro atoms. The Bertz CT molecular complexity index is 1780. The molecule has 0 amide bonds. The highest BCUT2D eigenvalue weighted by Gasteiger charge is 2.23. The van der Waals surface area contributed by atoms with E-state index in [9.17, 15) is 0 Å². The fraction of sp³-hybridized carbons (Fsp3) is 0.400. The molecule has 1 aromatic heterocycles. The number of aromatic nitrogens is 2. The second-order valence-corrected chi connectivity index (χ2v) is 13.8. The number of piperidine rings is 1. The molecule has 1 aliphatic carbocycles. The molecule has 0 atom stereocenters. The summed E-state index contributed by atoms with van der Waals surface area (Å²) in [5.41, 5.74) is 6.86. The Kier molecular flexibility index (Phi) is 10.2. The van der Waals surface area contributed by atoms with Gasteiger partial charge in [-0.3, -0.25) is 4.90 Å². The van der Waals surface area contributed by atoms with E-state index in [0.29, 0.717) is 17.9 Å². The zero-order chi connectivity index (χ0) is 32.7. The van der Waals surface area contributed by atoms with E-state index >= 15 is 0 Å². The molecule has 1 saturated heterocycles. The highest BCUT2D eigenvalue weighted by Crippen LogP contribution is 2.33. The van der Waals surface area contributed by atoms with Gasteiger partial charge in [0, 0.05) is 74.7 Å². The summed E-state index contributed by atoms with van der Waals surface area (Å²) in [5, 5.41) is 10.8. The third kappa shape index (κ3) is 7.83. The lowest BCUT2D eigenvalue weighted by molar-refractivity contribution is 0.157. The summed E-state index contributed by atoms with van der Waals surface area (Å²) in [5.74, 6) is 3.78. The summed E-state index contributed by atoms with van der Waals surface area (Å²) in [6.07, 6.45) is 6.99. The molecule has 5 aromatic rings. The van der Waals surface area contributed by atoms with Gasteiger partial charge in [-0.05, 0) is 80.2 Å². The molecule has 8 nitrogen and oxygen atoms in total. The highest BCUT2D eigenvalue weighted by atomic mass is 16.6. The predicted octanol–water partition coefficient (Wildman–Crippen LogP) is 7.73. The monoisotopic (exact) mass is 643 g/mol. The van der Waals surface area contributed by atoms with Crippen LogP contribution in [0.3, 0.4) is 0 Å². The Morgan fingerprint density at radius 1 is 0.708 bits per heavy atom. The van der Waals surface area contributed by atoms with E-state index in [2.05, 4.69) is 125 Å². The molecule has 48 heavy (non-hydrogen) atoms. The summed E-state index contributed by atoms with van der Waals surface area (Å²) in [7, 11) is 4.16. The van der Waals surface area contributed by atoms with Gasteiger partial charge >= 0.3 is 0 Å². The molecule has 3 N–H and O–H groups in total. The van der Waals surface area contributed by atoms with Gasteiger partial charge < -0.3 is 20.4 Å². The third-order valence-corrected chi connectivity index (χ3v) is 10.2. The fourth-order valence-corrected chi connectivity index (χ4v) is 7.39. The number of hydrogen-bond donors (Lipinski definition) is 3. The number of benzene rings is 4. The topological polar surface area (TPSA) is 77.6 Å². The number of nitrogens with zero attached hydrogens (tertiary/aromatic N) is 4. The van der Waals surface area contributed by atoms with Crippen LogP contribution >= 0.6 is 0 Å². The van der Waals surface area contributed by atoms with Gasteiger partial charge in [-0.25, -0.2) is 4.98 Å². The van der Waals surface area contributed by atoms with Crippen molar-refractivity contribution in [1.29, 1.82) is 0 Å². The minimum absolute atomic E-state index is 0.409. The van der Waals surface area contributed by atoms with Crippen LogP contribution in [-0.2, 0) is 6.54 Å². The SMILES string of the molecule is CN(C)c1cccc2c(ONC[C@H]3CC[C@H](CNc4nc(NC5CCN(Cc6ccccc6)CC5)c5ccccc5n4)CC3)cccc12. The second-order valence-electron chi connectivity index (χ2n) is 13.8. The summed E-state index contributed by atoms with van der Waals surface area (Å²) in [6.45, 7) is 4.96. The molecule has 2 fully saturated rings. The van der Waals surface area contributed by atoms with Gasteiger partial charge in [0.05, 0.1) is 5.52 Å². The Balaban J connectivity index is 0.887. The number of nitrogens with one attached hydrogen (secondary N) is 3. The van der Waals surface area contributed by atoms with Crippen LogP contribution in [0.1, 0.15) is 44.1 Å². The molecule has 0 unspecified atom stereocenters. The smallest absolute Gasteiger partial charge is 0.225 e. The second kappa shape index (κ2) is 15.2. The summed E-state index contributed by atoms with van der Waals surface area (Å²) in [6, 6.07) is 32.2. The van der Waals surface area contributed by atoms with Crippen LogP contribution in [0, 0.1) is 11.8 Å². The third-order valence-electron chi connectivity index (χ3n) is 10.2. The maximum atomic E-state index is 6.11. The van der Waals surface area contributed by atoms with Crippen molar-refractivity contribution in [1.82, 2.24) is 20.3 Å². The lowest BCUT2D eigenvalue weighted by Crippen LogP contribution is -2.38. The Hall–Kier alpha value is -4.40. The number of likely N-dealkylation sites (tertiary alicyclic amines) is 1. The van der Waals surface area contributed by atoms with Gasteiger partial charge in [0.1, 0.15) is 5.82 Å². The van der Waals surface area contributed by atoms with Crippen LogP contribution in [0.15, 0.2) is 91.0 Å². The molecular weight excluding hydrogens is 594 g/mol. The number of fused-ring (bicyclic) bond motifs is 2. The molecule has 1 aliphatic heterocycles. The first-order chi connectivity index (χ1) is 23.6. The number of para-hydroxylation sites is 1. The lowest BCUT2D eigenvalue weighted by atomic mass is 9.82. The van der Waals surface area contributed by atoms with Crippen molar-refractivity contribution in [2.45, 2.75) is 51.1 Å². The standard InChI is InChI=1S/C40H49N7O/c1-46(2)37-16-8-14-34-33(37)13-9-17-38(34)48-42-27-30-20-18-29(19-21-30)26-41-40-44-36-15-7-6-12-35(36)39(45-40)43-32-22-24-47(25-23-32)28-31-10-4-3-5-11-31/h3-17,29-30,32,42H,18-28H2,1-2H3,(H2,41,43,44,45)/t29-,30-. The largest absolute Gasteiger partial charge is 0.408 e. The van der Waals surface area contributed by atoms with Gasteiger partial charge in [0.15, 0.2) is 5.75 Å². The molecule has 250 valence electrons. The van der Waals surface area contributed by atoms with E-state index < -0.39 is 0 Å². The first kappa shape index (κ1) is 32.2. The average molecular weight is 644 g/mol. The number of anilines is 3. The number of hydrogen-bond acceptors (Lipinski definition) is 8. The van der Waals surface area contributed by atoms with Crippen molar-refractivity contribution < 1.29 is 4.84 Å². The van der Waals surface area contributed by atoms with Crippen molar-refractivity contribution in [3.63, 3.8) is 0 Å². The Morgan fingerprint density at radius 2 is 1.40 bits per heavy atom. The summed E-state index contributed by atoms with van der Waals surface area (Å²) < 4.78 is 0. The Labute approximate surface area is 284 Å². The molecule has 0 bridgehead atoms. The molecule has 2 aliphatic rings. The van der Waals surface area contributed by atoms with Gasteiger partial charge in [-0.15, -0.1) is 0 Å². The minimum Gasteiger partial charge on any atom is -0.408 e. The molecule has 8 heteroatoms. The van der Waals surface area contributed by atoms with E-state index in [1.165, 1.54) is 42.3 Å². The fourth-order valence-electron chi connectivity index (χ4n) is 7.39. The zero-order valence-corrected chi connectivity index (χ0v) is 28.4. The highest BCUT2D eigenvalue weighted by molar-refractivity contribution is 5.97. The van der Waals surface area contributed by atoms with Gasteiger partial charge in [0.2, 0.25) is 5.95 Å². The van der Waals surface area contributed by atoms with Gasteiger partial charge in [-0.1, -0.05) is 66.7 Å². The molecular formula is C40H49N7O. The predicted molar refractivity (Wildman–Crippen MR) is 199 cm³/mol. The molecule has 1 saturated carbocycles. The van der Waals surface area contributed by atoms with Gasteiger partial charge in [-0.2, -0.15) is 10.5 Å². The van der Waals surface area contributed by atoms with Gasteiger partial charge in [0.25, 0.3) is 0 Å². The normalized spacial score (nSPS) is 19.0. The van der Waals surface area contributed by atoms with Crippen LogP contribution in [0.25, 0.3) is 21.7 Å². The zero-order valence-electron chi connectivity index (χ0n) is 28.4. The van der Waals surface area contributed by atoms with Crippen LogP contribution < -0.4 is 25.9 Å². The van der Waals surface area contributed by atoms with Crippen molar-refractivity contribution in [2.24, 2.45) is 11.8 Å². The first-order valence-electron chi connectivity index (χ1n) is 17.7. The maximum Gasteiger partial charge on any atom is 0.225 e. The van der Waals surface area contributed by atoms with Crippen LogP contribution in [0.4, 0.5) is 17.5 Å². The van der Waals surface area contributed by atoms with Crippen molar-refractivity contribution in [3.8, 4) is 5.75 Å². The average Bonchev–Trinajstić information content (AvgIpc) is 3.12. The van der Waals surface area contributed by atoms with E-state index in [-0.39, 0.29) is 0 Å². The lowest BCUT2D eigenvalue weighted by Gasteiger charge is -2.33. The van der Waals surface area contributed by atoms with Crippen molar-refractivity contribution in [2.75, 3.05) is 55.8 Å². The molecule has 7 rings (SSSR count). The maximum absolute atomic E-state index is 6.11.